The van der Waals surface area contributed by atoms with Gasteiger partial charge in [-0.3, -0.25) is 4.90 Å². The highest BCUT2D eigenvalue weighted by Gasteiger charge is 2.17. The Balaban J connectivity index is 2.09. The van der Waals surface area contributed by atoms with Crippen molar-refractivity contribution in [2.45, 2.75) is 13.1 Å². The second kappa shape index (κ2) is 3.44. The molecule has 0 fully saturated rings. The van der Waals surface area contributed by atoms with Gasteiger partial charge in [-0.25, -0.2) is 0 Å². The molecule has 2 rings (SSSR count). The van der Waals surface area contributed by atoms with Crippen molar-refractivity contribution < 1.29 is 0 Å². The second-order valence-corrected chi connectivity index (χ2v) is 3.90. The Bertz CT molecular complexity index is 310. The number of thiocarbonyl (C=S) groups is 1. The first kappa shape index (κ1) is 8.66. The van der Waals surface area contributed by atoms with Crippen molar-refractivity contribution in [2.24, 2.45) is 5.73 Å². The Hall–Kier alpha value is -0.930. The Morgan fingerprint density at radius 1 is 1.31 bits per heavy atom. The Kier molecular flexibility index (Phi) is 2.29. The third kappa shape index (κ3) is 1.87. The van der Waals surface area contributed by atoms with Crippen molar-refractivity contribution in [1.82, 2.24) is 4.90 Å². The number of nitrogens with two attached hydrogens (primary N) is 1. The Morgan fingerprint density at radius 3 is 2.31 bits per heavy atom. The van der Waals surface area contributed by atoms with Gasteiger partial charge in [-0.05, 0) is 11.1 Å². The van der Waals surface area contributed by atoms with E-state index in [1.807, 2.05) is 0 Å². The van der Waals surface area contributed by atoms with E-state index in [-0.39, 0.29) is 0 Å². The molecule has 0 aliphatic carbocycles. The van der Waals surface area contributed by atoms with Crippen LogP contribution in [0.1, 0.15) is 11.1 Å². The maximum atomic E-state index is 5.50. The van der Waals surface area contributed by atoms with Crippen LogP contribution in [0.5, 0.6) is 0 Å². The highest BCUT2D eigenvalue weighted by Crippen LogP contribution is 2.21. The Morgan fingerprint density at radius 2 is 1.85 bits per heavy atom. The predicted octanol–water partition coefficient (Wildman–Crippen LogP) is 1.29. The van der Waals surface area contributed by atoms with E-state index < -0.39 is 0 Å². The molecule has 3 heteroatoms. The molecule has 2 nitrogen and oxygen atoms in total. The van der Waals surface area contributed by atoms with E-state index in [1.54, 1.807) is 0 Å². The molecule has 0 unspecified atom stereocenters. The van der Waals surface area contributed by atoms with Crippen molar-refractivity contribution in [3.8, 4) is 0 Å². The predicted molar refractivity (Wildman–Crippen MR) is 57.3 cm³/mol. The Labute approximate surface area is 83.3 Å². The average molecular weight is 192 g/mol. The van der Waals surface area contributed by atoms with E-state index in [1.165, 1.54) is 11.1 Å². The maximum absolute atomic E-state index is 5.50. The fraction of sp³-hybridized carbons (Fsp3) is 0.300. The van der Waals surface area contributed by atoms with E-state index in [9.17, 15) is 0 Å². The van der Waals surface area contributed by atoms with Gasteiger partial charge in [0.1, 0.15) is 0 Å². The van der Waals surface area contributed by atoms with Gasteiger partial charge in [0.05, 0.1) is 4.99 Å². The molecule has 0 radical (unpaired) electrons. The van der Waals surface area contributed by atoms with Crippen molar-refractivity contribution in [3.63, 3.8) is 0 Å². The molecule has 1 heterocycles. The van der Waals surface area contributed by atoms with Crippen LogP contribution in [0.2, 0.25) is 0 Å². The highest BCUT2D eigenvalue weighted by atomic mass is 32.1. The molecule has 0 amide bonds. The van der Waals surface area contributed by atoms with Gasteiger partial charge < -0.3 is 5.73 Å². The molecule has 13 heavy (non-hydrogen) atoms. The first-order valence-corrected chi connectivity index (χ1v) is 4.74. The van der Waals surface area contributed by atoms with Crippen LogP contribution in [0.15, 0.2) is 24.3 Å². The molecule has 2 N–H and O–H groups in total. The van der Waals surface area contributed by atoms with E-state index >= 15 is 0 Å². The van der Waals surface area contributed by atoms with Crippen LogP contribution in [0.25, 0.3) is 0 Å². The number of rotatable bonds is 2. The maximum Gasteiger partial charge on any atom is 0.0870 e. The summed E-state index contributed by atoms with van der Waals surface area (Å²) in [6, 6.07) is 8.47. The highest BCUT2D eigenvalue weighted by molar-refractivity contribution is 7.80. The average Bonchev–Trinajstić information content (AvgIpc) is 2.44. The van der Waals surface area contributed by atoms with Gasteiger partial charge in [0.15, 0.2) is 0 Å². The van der Waals surface area contributed by atoms with Gasteiger partial charge in [-0.2, -0.15) is 0 Å². The molecule has 1 aliphatic rings. The van der Waals surface area contributed by atoms with Crippen molar-refractivity contribution in [1.29, 1.82) is 0 Å². The fourth-order valence-electron chi connectivity index (χ4n) is 1.74. The minimum absolute atomic E-state index is 0.577. The number of fused-ring (bicyclic) bond motifs is 1. The minimum atomic E-state index is 0.577. The second-order valence-electron chi connectivity index (χ2n) is 3.38. The number of nitrogens with zero attached hydrogens (tertiary/aromatic N) is 1. The van der Waals surface area contributed by atoms with Crippen molar-refractivity contribution in [2.75, 3.05) is 6.54 Å². The molecule has 1 aliphatic heterocycles. The first-order chi connectivity index (χ1) is 6.25. The smallest absolute Gasteiger partial charge is 0.0870 e. The zero-order valence-corrected chi connectivity index (χ0v) is 8.18. The summed E-state index contributed by atoms with van der Waals surface area (Å²) in [5, 5.41) is 0. The SMILES string of the molecule is NC(=S)CN1Cc2ccccc2C1. The van der Waals surface area contributed by atoms with Gasteiger partial charge in [0.25, 0.3) is 0 Å². The molecule has 1 aromatic rings. The van der Waals surface area contributed by atoms with Crippen LogP contribution in [0, 0.1) is 0 Å². The largest absolute Gasteiger partial charge is 0.392 e. The summed E-state index contributed by atoms with van der Waals surface area (Å²) >= 11 is 4.88. The van der Waals surface area contributed by atoms with Gasteiger partial charge in [-0.1, -0.05) is 36.5 Å². The lowest BCUT2D eigenvalue weighted by atomic mass is 10.1. The van der Waals surface area contributed by atoms with E-state index in [2.05, 4.69) is 29.2 Å². The van der Waals surface area contributed by atoms with Crippen LogP contribution in [-0.4, -0.2) is 16.4 Å². The third-order valence-corrected chi connectivity index (χ3v) is 2.41. The lowest BCUT2D eigenvalue weighted by molar-refractivity contribution is 0.327. The van der Waals surface area contributed by atoms with Crippen LogP contribution in [0.3, 0.4) is 0 Å². The van der Waals surface area contributed by atoms with Crippen molar-refractivity contribution in [3.05, 3.63) is 35.4 Å². The molecular weight excluding hydrogens is 180 g/mol. The molecule has 0 spiro atoms. The van der Waals surface area contributed by atoms with Crippen LogP contribution >= 0.6 is 12.2 Å². The molecule has 0 bridgehead atoms. The van der Waals surface area contributed by atoms with E-state index in [0.717, 1.165) is 19.6 Å². The first-order valence-electron chi connectivity index (χ1n) is 4.33. The number of benzene rings is 1. The summed E-state index contributed by atoms with van der Waals surface area (Å²) < 4.78 is 0. The monoisotopic (exact) mass is 192 g/mol. The molecule has 1 aromatic carbocycles. The van der Waals surface area contributed by atoms with Gasteiger partial charge >= 0.3 is 0 Å². The van der Waals surface area contributed by atoms with E-state index in [4.69, 9.17) is 18.0 Å². The summed E-state index contributed by atoms with van der Waals surface area (Å²) in [5.41, 5.74) is 8.30. The molecular formula is C10H12N2S. The standard InChI is InChI=1S/C10H12N2S/c11-10(13)7-12-5-8-3-1-2-4-9(8)6-12/h1-4H,5-7H2,(H2,11,13). The zero-order valence-electron chi connectivity index (χ0n) is 7.36. The minimum Gasteiger partial charge on any atom is -0.392 e. The van der Waals surface area contributed by atoms with Crippen LogP contribution in [0.4, 0.5) is 0 Å². The topological polar surface area (TPSA) is 29.3 Å². The summed E-state index contributed by atoms with van der Waals surface area (Å²) in [6.45, 7) is 2.69. The van der Waals surface area contributed by atoms with E-state index in [0.29, 0.717) is 4.99 Å². The van der Waals surface area contributed by atoms with Crippen molar-refractivity contribution >= 4 is 17.2 Å². The third-order valence-electron chi connectivity index (χ3n) is 2.29. The van der Waals surface area contributed by atoms with Crippen LogP contribution in [-0.2, 0) is 13.1 Å². The summed E-state index contributed by atoms with van der Waals surface area (Å²) in [5.74, 6) is 0. The van der Waals surface area contributed by atoms with Gasteiger partial charge in [0, 0.05) is 19.6 Å². The van der Waals surface area contributed by atoms with Crippen LogP contribution < -0.4 is 5.73 Å². The molecule has 68 valence electrons. The molecule has 0 aromatic heterocycles. The summed E-state index contributed by atoms with van der Waals surface area (Å²) in [7, 11) is 0. The number of hydrogen-bond donors (Lipinski definition) is 1. The van der Waals surface area contributed by atoms with Gasteiger partial charge in [0.2, 0.25) is 0 Å². The molecule has 0 saturated heterocycles. The van der Waals surface area contributed by atoms with Gasteiger partial charge in [-0.15, -0.1) is 0 Å². The lowest BCUT2D eigenvalue weighted by Gasteiger charge is -2.12. The summed E-state index contributed by atoms with van der Waals surface area (Å²) in [4.78, 5) is 2.83. The zero-order chi connectivity index (χ0) is 9.26. The molecule has 0 atom stereocenters. The lowest BCUT2D eigenvalue weighted by Crippen LogP contribution is -2.28. The summed E-state index contributed by atoms with van der Waals surface area (Å²) in [6.07, 6.45) is 0. The molecule has 0 saturated carbocycles. The normalized spacial score (nSPS) is 15.7. The fourth-order valence-corrected chi connectivity index (χ4v) is 1.92. The number of hydrogen-bond acceptors (Lipinski definition) is 2. The quantitative estimate of drug-likeness (QED) is 0.716.